The molecule has 2 aromatic carbocycles. The van der Waals surface area contributed by atoms with E-state index in [4.69, 9.17) is 18.6 Å². The Hall–Kier alpha value is -4.35. The molecule has 0 fully saturated rings. The molecule has 0 spiro atoms. The van der Waals surface area contributed by atoms with Crippen LogP contribution in [0.15, 0.2) is 45.6 Å². The molecule has 12 nitrogen and oxygen atoms in total. The van der Waals surface area contributed by atoms with Gasteiger partial charge in [0.15, 0.2) is 23.7 Å². The highest BCUT2D eigenvalue weighted by Gasteiger charge is 2.16. The number of amides is 1. The van der Waals surface area contributed by atoms with Gasteiger partial charge < -0.3 is 23.9 Å². The standard InChI is InChI=1S/C22H21N3O9/c26-20(23-14-4-7-17-19(11-14)32-10-2-9-31-17)13-33-21(27)3-1-8-24-16-6-5-15(25(29)30)12-18(16)34-22(24)28/h4-7,11-12H,1-3,8-10,13H2,(H,23,26). The Morgan fingerprint density at radius 3 is 2.71 bits per heavy atom. The van der Waals surface area contributed by atoms with Crippen LogP contribution < -0.4 is 20.5 Å². The molecule has 1 aliphatic heterocycles. The van der Waals surface area contributed by atoms with Crippen molar-refractivity contribution in [2.45, 2.75) is 25.8 Å². The van der Waals surface area contributed by atoms with Crippen LogP contribution in [0, 0.1) is 10.1 Å². The van der Waals surface area contributed by atoms with Crippen molar-refractivity contribution in [3.8, 4) is 11.5 Å². The van der Waals surface area contributed by atoms with Gasteiger partial charge in [0.05, 0.1) is 29.7 Å². The summed E-state index contributed by atoms with van der Waals surface area (Å²) in [5, 5.41) is 13.5. The summed E-state index contributed by atoms with van der Waals surface area (Å²) in [6.07, 6.45) is 0.970. The van der Waals surface area contributed by atoms with Gasteiger partial charge in [-0.25, -0.2) is 4.79 Å². The molecule has 4 rings (SSSR count). The van der Waals surface area contributed by atoms with Crippen LogP contribution in [-0.2, 0) is 20.9 Å². The minimum Gasteiger partial charge on any atom is -0.490 e. The highest BCUT2D eigenvalue weighted by atomic mass is 16.6. The van der Waals surface area contributed by atoms with Gasteiger partial charge in [-0.1, -0.05) is 0 Å². The largest absolute Gasteiger partial charge is 0.490 e. The van der Waals surface area contributed by atoms with Gasteiger partial charge >= 0.3 is 11.7 Å². The molecule has 1 N–H and O–H groups in total. The molecule has 34 heavy (non-hydrogen) atoms. The summed E-state index contributed by atoms with van der Waals surface area (Å²) in [6.45, 7) is 0.749. The maximum atomic E-state index is 12.1. The van der Waals surface area contributed by atoms with E-state index in [1.54, 1.807) is 18.2 Å². The topological polar surface area (TPSA) is 152 Å². The highest BCUT2D eigenvalue weighted by molar-refractivity contribution is 5.93. The van der Waals surface area contributed by atoms with Gasteiger partial charge in [-0.15, -0.1) is 0 Å². The molecule has 0 unspecified atom stereocenters. The van der Waals surface area contributed by atoms with Gasteiger partial charge in [0.25, 0.3) is 11.6 Å². The van der Waals surface area contributed by atoms with Crippen molar-refractivity contribution in [3.05, 3.63) is 57.1 Å². The van der Waals surface area contributed by atoms with E-state index in [1.165, 1.54) is 22.8 Å². The van der Waals surface area contributed by atoms with Crippen LogP contribution >= 0.6 is 0 Å². The maximum absolute atomic E-state index is 12.1. The summed E-state index contributed by atoms with van der Waals surface area (Å²) in [7, 11) is 0. The van der Waals surface area contributed by atoms with Crippen LogP contribution in [0.25, 0.3) is 11.1 Å². The summed E-state index contributed by atoms with van der Waals surface area (Å²) in [4.78, 5) is 46.4. The smallest absolute Gasteiger partial charge is 0.419 e. The maximum Gasteiger partial charge on any atom is 0.419 e. The lowest BCUT2D eigenvalue weighted by atomic mass is 10.2. The SMILES string of the molecule is O=C(COC(=O)CCCn1c(=O)oc2cc([N+](=O)[O-])ccc21)Nc1ccc2c(c1)OCCCO2. The van der Waals surface area contributed by atoms with Crippen LogP contribution in [-0.4, -0.2) is 41.2 Å². The molecule has 1 aliphatic rings. The quantitative estimate of drug-likeness (QED) is 0.297. The molecule has 1 aromatic heterocycles. The summed E-state index contributed by atoms with van der Waals surface area (Å²) in [5.41, 5.74) is 0.769. The lowest BCUT2D eigenvalue weighted by Crippen LogP contribution is -2.21. The second-order valence-electron chi connectivity index (χ2n) is 7.45. The van der Waals surface area contributed by atoms with Crippen molar-refractivity contribution < 1.29 is 33.1 Å². The first-order chi connectivity index (χ1) is 16.4. The molecule has 0 aliphatic carbocycles. The van der Waals surface area contributed by atoms with Crippen molar-refractivity contribution in [3.63, 3.8) is 0 Å². The predicted octanol–water partition coefficient (Wildman–Crippen LogP) is 2.63. The van der Waals surface area contributed by atoms with E-state index in [2.05, 4.69) is 5.32 Å². The molecule has 0 bridgehead atoms. The summed E-state index contributed by atoms with van der Waals surface area (Å²) in [6, 6.07) is 8.85. The fraction of sp³-hybridized carbons (Fsp3) is 0.318. The molecule has 178 valence electrons. The Kier molecular flexibility index (Phi) is 6.76. The molecule has 0 atom stereocenters. The minimum atomic E-state index is -0.682. The molecule has 0 saturated carbocycles. The number of aryl methyl sites for hydroxylation is 1. The Balaban J connectivity index is 1.24. The number of nitro groups is 1. The number of hydrogen-bond donors (Lipinski definition) is 1. The number of nitro benzene ring substituents is 1. The lowest BCUT2D eigenvalue weighted by molar-refractivity contribution is -0.384. The fourth-order valence-corrected chi connectivity index (χ4v) is 3.42. The number of carbonyl (C=O) groups is 2. The average Bonchev–Trinajstić information content (AvgIpc) is 2.96. The van der Waals surface area contributed by atoms with Gasteiger partial charge in [-0.3, -0.25) is 24.3 Å². The van der Waals surface area contributed by atoms with E-state index in [-0.39, 0.29) is 30.7 Å². The van der Waals surface area contributed by atoms with E-state index >= 15 is 0 Å². The first-order valence-electron chi connectivity index (χ1n) is 10.5. The lowest BCUT2D eigenvalue weighted by Gasteiger charge is -2.10. The van der Waals surface area contributed by atoms with Crippen LogP contribution in [0.2, 0.25) is 0 Å². The second kappa shape index (κ2) is 10.1. The first-order valence-corrected chi connectivity index (χ1v) is 10.5. The molecule has 12 heteroatoms. The van der Waals surface area contributed by atoms with E-state index in [1.807, 2.05) is 0 Å². The number of hydrogen-bond acceptors (Lipinski definition) is 9. The number of benzene rings is 2. The van der Waals surface area contributed by atoms with Gasteiger partial charge in [0.2, 0.25) is 0 Å². The number of rotatable bonds is 8. The Bertz CT molecular complexity index is 1290. The Morgan fingerprint density at radius 1 is 1.12 bits per heavy atom. The molecule has 2 heterocycles. The van der Waals surface area contributed by atoms with Crippen molar-refractivity contribution in [1.82, 2.24) is 4.57 Å². The number of aromatic nitrogens is 1. The number of esters is 1. The molecular weight excluding hydrogens is 450 g/mol. The van der Waals surface area contributed by atoms with Crippen LogP contribution in [0.3, 0.4) is 0 Å². The van der Waals surface area contributed by atoms with Crippen LogP contribution in [0.1, 0.15) is 19.3 Å². The number of oxazole rings is 1. The van der Waals surface area contributed by atoms with Gasteiger partial charge in [-0.05, 0) is 24.6 Å². The van der Waals surface area contributed by atoms with Gasteiger partial charge in [0.1, 0.15) is 0 Å². The first kappa shape index (κ1) is 22.8. The zero-order valence-electron chi connectivity index (χ0n) is 18.0. The van der Waals surface area contributed by atoms with Crippen molar-refractivity contribution >= 4 is 34.4 Å². The number of non-ortho nitro benzene ring substituents is 1. The summed E-state index contributed by atoms with van der Waals surface area (Å²) >= 11 is 0. The number of carbonyl (C=O) groups excluding carboxylic acids is 2. The number of nitrogens with one attached hydrogen (secondary N) is 1. The summed E-state index contributed by atoms with van der Waals surface area (Å²) < 4.78 is 22.4. The molecular formula is C22H21N3O9. The zero-order chi connectivity index (χ0) is 24.1. The predicted molar refractivity (Wildman–Crippen MR) is 118 cm³/mol. The molecule has 0 radical (unpaired) electrons. The zero-order valence-corrected chi connectivity index (χ0v) is 18.0. The van der Waals surface area contributed by atoms with E-state index in [0.717, 1.165) is 6.42 Å². The number of anilines is 1. The highest BCUT2D eigenvalue weighted by Crippen LogP contribution is 2.32. The third-order valence-corrected chi connectivity index (χ3v) is 5.02. The average molecular weight is 471 g/mol. The Labute approximate surface area is 192 Å². The van der Waals surface area contributed by atoms with Crippen molar-refractivity contribution in [2.75, 3.05) is 25.1 Å². The summed E-state index contributed by atoms with van der Waals surface area (Å²) in [5.74, 6) is -0.668. The van der Waals surface area contributed by atoms with Crippen LogP contribution in [0.5, 0.6) is 11.5 Å². The fourth-order valence-electron chi connectivity index (χ4n) is 3.42. The van der Waals surface area contributed by atoms with E-state index in [9.17, 15) is 24.5 Å². The molecule has 3 aromatic rings. The van der Waals surface area contributed by atoms with Gasteiger partial charge in [-0.2, -0.15) is 0 Å². The minimum absolute atomic E-state index is 0.0383. The third-order valence-electron chi connectivity index (χ3n) is 5.02. The van der Waals surface area contributed by atoms with Crippen molar-refractivity contribution in [2.24, 2.45) is 0 Å². The molecule has 0 saturated heterocycles. The number of nitrogens with zero attached hydrogens (tertiary/aromatic N) is 2. The van der Waals surface area contributed by atoms with E-state index in [0.29, 0.717) is 35.9 Å². The number of fused-ring (bicyclic) bond motifs is 2. The molecule has 1 amide bonds. The Morgan fingerprint density at radius 2 is 1.91 bits per heavy atom. The van der Waals surface area contributed by atoms with Crippen molar-refractivity contribution in [1.29, 1.82) is 0 Å². The second-order valence-corrected chi connectivity index (χ2v) is 7.45. The van der Waals surface area contributed by atoms with E-state index < -0.39 is 29.2 Å². The van der Waals surface area contributed by atoms with Crippen LogP contribution in [0.4, 0.5) is 11.4 Å². The normalized spacial score (nSPS) is 12.7. The van der Waals surface area contributed by atoms with Gasteiger partial charge in [0, 0.05) is 37.2 Å². The monoisotopic (exact) mass is 471 g/mol. The number of ether oxygens (including phenoxy) is 3. The third kappa shape index (κ3) is 5.34.